The Morgan fingerprint density at radius 1 is 1.20 bits per heavy atom. The Morgan fingerprint density at radius 3 is 2.80 bits per heavy atom. The molecule has 1 aromatic rings. The van der Waals surface area contributed by atoms with E-state index >= 15 is 0 Å². The van der Waals surface area contributed by atoms with Crippen molar-refractivity contribution in [3.63, 3.8) is 0 Å². The molecule has 1 saturated heterocycles. The zero-order valence-corrected chi connectivity index (χ0v) is 9.43. The van der Waals surface area contributed by atoms with Crippen molar-refractivity contribution in [2.45, 2.75) is 29.4 Å². The third kappa shape index (κ3) is 2.99. The molecule has 1 N–H and O–H groups in total. The first-order chi connectivity index (χ1) is 7.36. The van der Waals surface area contributed by atoms with Gasteiger partial charge in [-0.1, -0.05) is 24.6 Å². The van der Waals surface area contributed by atoms with Crippen molar-refractivity contribution >= 4 is 17.7 Å². The first-order valence-electron chi connectivity index (χ1n) is 5.36. The Hall–Kier alpha value is -0.960. The number of nitrogens with one attached hydrogen (secondary N) is 1. The van der Waals surface area contributed by atoms with Gasteiger partial charge in [-0.15, -0.1) is 11.8 Å². The molecule has 3 heteroatoms. The van der Waals surface area contributed by atoms with Crippen molar-refractivity contribution in [1.29, 1.82) is 0 Å². The van der Waals surface area contributed by atoms with Gasteiger partial charge in [0, 0.05) is 11.4 Å². The number of hydrogen-bond donors (Lipinski definition) is 1. The second-order valence-electron chi connectivity index (χ2n) is 3.71. The van der Waals surface area contributed by atoms with Gasteiger partial charge in [-0.25, -0.2) is 0 Å². The molecule has 0 aromatic heterocycles. The minimum atomic E-state index is 0.0925. The van der Waals surface area contributed by atoms with Gasteiger partial charge in [-0.05, 0) is 25.0 Å². The number of thioether (sulfide) groups is 1. The van der Waals surface area contributed by atoms with Gasteiger partial charge in [0.2, 0.25) is 5.91 Å². The van der Waals surface area contributed by atoms with Crippen LogP contribution in [0.2, 0.25) is 0 Å². The lowest BCUT2D eigenvalue weighted by Crippen LogP contribution is -2.30. The lowest BCUT2D eigenvalue weighted by atomic mass is 10.2. The molecule has 1 atom stereocenters. The van der Waals surface area contributed by atoms with Gasteiger partial charge in [0.25, 0.3) is 0 Å². The molecule has 0 radical (unpaired) electrons. The first-order valence-corrected chi connectivity index (χ1v) is 6.23. The number of amides is 1. The summed E-state index contributed by atoms with van der Waals surface area (Å²) in [6.45, 7) is 0.838. The third-order valence-electron chi connectivity index (χ3n) is 2.51. The number of carbonyl (C=O) groups excluding carboxylic acids is 1. The van der Waals surface area contributed by atoms with Crippen LogP contribution in [0.4, 0.5) is 0 Å². The summed E-state index contributed by atoms with van der Waals surface area (Å²) in [5, 5.41) is 3.05. The molecule has 1 aromatic carbocycles. The summed E-state index contributed by atoms with van der Waals surface area (Å²) in [5.74, 6) is 0.196. The van der Waals surface area contributed by atoms with Crippen LogP contribution in [0, 0.1) is 0 Å². The normalized spacial score (nSPS) is 21.9. The van der Waals surface area contributed by atoms with Crippen molar-refractivity contribution in [1.82, 2.24) is 5.32 Å². The fourth-order valence-corrected chi connectivity index (χ4v) is 2.80. The summed E-state index contributed by atoms with van der Waals surface area (Å²) in [4.78, 5) is 12.9. The molecule has 1 aliphatic heterocycles. The Kier molecular flexibility index (Phi) is 3.67. The maximum Gasteiger partial charge on any atom is 0.233 e. The lowest BCUT2D eigenvalue weighted by Gasteiger charge is -2.12. The van der Waals surface area contributed by atoms with E-state index < -0.39 is 0 Å². The van der Waals surface area contributed by atoms with E-state index in [1.165, 1.54) is 4.90 Å². The van der Waals surface area contributed by atoms with Crippen LogP contribution >= 0.6 is 11.8 Å². The van der Waals surface area contributed by atoms with Gasteiger partial charge in [0.15, 0.2) is 0 Å². The van der Waals surface area contributed by atoms with Gasteiger partial charge < -0.3 is 5.32 Å². The summed E-state index contributed by atoms with van der Waals surface area (Å²) in [7, 11) is 0. The average Bonchev–Trinajstić information content (AvgIpc) is 2.46. The second kappa shape index (κ2) is 5.21. The quantitative estimate of drug-likeness (QED) is 0.831. The molecule has 2 nitrogen and oxygen atoms in total. The third-order valence-corrected chi connectivity index (χ3v) is 3.78. The van der Waals surface area contributed by atoms with Gasteiger partial charge in [0.1, 0.15) is 0 Å². The van der Waals surface area contributed by atoms with Crippen LogP contribution in [0.3, 0.4) is 0 Å². The van der Waals surface area contributed by atoms with E-state index in [1.54, 1.807) is 11.8 Å². The standard InChI is InChI=1S/C12H15NOS/c14-12-11(8-4-5-9-13-12)15-10-6-2-1-3-7-10/h1-3,6-7,11H,4-5,8-9H2,(H,13,14)/t11-/m1/s1. The van der Waals surface area contributed by atoms with Gasteiger partial charge in [-0.3, -0.25) is 4.79 Å². The van der Waals surface area contributed by atoms with Crippen LogP contribution in [0.1, 0.15) is 19.3 Å². The van der Waals surface area contributed by atoms with Crippen LogP contribution in [0.5, 0.6) is 0 Å². The summed E-state index contributed by atoms with van der Waals surface area (Å²) >= 11 is 1.67. The zero-order valence-electron chi connectivity index (χ0n) is 8.61. The molecule has 15 heavy (non-hydrogen) atoms. The molecule has 1 heterocycles. The second-order valence-corrected chi connectivity index (χ2v) is 4.98. The molecular formula is C12H15NOS. The molecule has 0 bridgehead atoms. The summed E-state index contributed by atoms with van der Waals surface area (Å²) in [6.07, 6.45) is 3.24. The van der Waals surface area contributed by atoms with E-state index in [4.69, 9.17) is 0 Å². The zero-order chi connectivity index (χ0) is 10.5. The Morgan fingerprint density at radius 2 is 2.00 bits per heavy atom. The Labute approximate surface area is 94.4 Å². The molecule has 0 aliphatic carbocycles. The van der Waals surface area contributed by atoms with E-state index in [0.717, 1.165) is 25.8 Å². The van der Waals surface area contributed by atoms with E-state index in [9.17, 15) is 4.79 Å². The predicted molar refractivity (Wildman–Crippen MR) is 62.9 cm³/mol. The van der Waals surface area contributed by atoms with Crippen molar-refractivity contribution in [2.24, 2.45) is 0 Å². The molecular weight excluding hydrogens is 206 g/mol. The fourth-order valence-electron chi connectivity index (χ4n) is 1.69. The highest BCUT2D eigenvalue weighted by molar-refractivity contribution is 8.00. The smallest absolute Gasteiger partial charge is 0.233 e. The van der Waals surface area contributed by atoms with Crippen molar-refractivity contribution in [3.8, 4) is 0 Å². The van der Waals surface area contributed by atoms with Crippen molar-refractivity contribution < 1.29 is 4.79 Å². The lowest BCUT2D eigenvalue weighted by molar-refractivity contribution is -0.120. The largest absolute Gasteiger partial charge is 0.355 e. The topological polar surface area (TPSA) is 29.1 Å². The maximum atomic E-state index is 11.7. The molecule has 2 rings (SSSR count). The van der Waals surface area contributed by atoms with Gasteiger partial charge in [-0.2, -0.15) is 0 Å². The van der Waals surface area contributed by atoms with Crippen molar-refractivity contribution in [2.75, 3.05) is 6.54 Å². The summed E-state index contributed by atoms with van der Waals surface area (Å²) < 4.78 is 0. The summed E-state index contributed by atoms with van der Waals surface area (Å²) in [5.41, 5.74) is 0. The number of hydrogen-bond acceptors (Lipinski definition) is 2. The summed E-state index contributed by atoms with van der Waals surface area (Å²) in [6, 6.07) is 10.1. The predicted octanol–water partition coefficient (Wildman–Crippen LogP) is 2.45. The Balaban J connectivity index is 2.01. The van der Waals surface area contributed by atoms with Crippen LogP contribution in [-0.4, -0.2) is 17.7 Å². The van der Waals surface area contributed by atoms with Crippen LogP contribution < -0.4 is 5.32 Å². The number of rotatable bonds is 2. The van der Waals surface area contributed by atoms with Crippen LogP contribution in [0.25, 0.3) is 0 Å². The molecule has 0 unspecified atom stereocenters. The molecule has 0 spiro atoms. The van der Waals surface area contributed by atoms with Crippen LogP contribution in [0.15, 0.2) is 35.2 Å². The average molecular weight is 221 g/mol. The highest BCUT2D eigenvalue weighted by atomic mass is 32.2. The van der Waals surface area contributed by atoms with Crippen molar-refractivity contribution in [3.05, 3.63) is 30.3 Å². The highest BCUT2D eigenvalue weighted by Gasteiger charge is 2.21. The SMILES string of the molecule is O=C1NCCCC[C@H]1Sc1ccccc1. The molecule has 0 saturated carbocycles. The first kappa shape index (κ1) is 10.6. The molecule has 1 aliphatic rings. The van der Waals surface area contributed by atoms with E-state index in [-0.39, 0.29) is 11.2 Å². The highest BCUT2D eigenvalue weighted by Crippen LogP contribution is 2.27. The van der Waals surface area contributed by atoms with Crippen LogP contribution in [-0.2, 0) is 4.79 Å². The maximum absolute atomic E-state index is 11.7. The number of benzene rings is 1. The molecule has 80 valence electrons. The fraction of sp³-hybridized carbons (Fsp3) is 0.417. The molecule has 1 amide bonds. The van der Waals surface area contributed by atoms with Gasteiger partial charge in [0.05, 0.1) is 5.25 Å². The molecule has 1 fully saturated rings. The van der Waals surface area contributed by atoms with Gasteiger partial charge >= 0.3 is 0 Å². The number of carbonyl (C=O) groups is 1. The minimum absolute atomic E-state index is 0.0925. The van der Waals surface area contributed by atoms with E-state index in [1.807, 2.05) is 18.2 Å². The Bertz CT molecular complexity index is 326. The minimum Gasteiger partial charge on any atom is -0.355 e. The van der Waals surface area contributed by atoms with E-state index in [2.05, 4.69) is 17.4 Å². The monoisotopic (exact) mass is 221 g/mol. The van der Waals surface area contributed by atoms with E-state index in [0.29, 0.717) is 0 Å².